The maximum absolute atomic E-state index is 12.3. The second-order valence-corrected chi connectivity index (χ2v) is 4.68. The molecule has 6 heteroatoms. The zero-order valence-electron chi connectivity index (χ0n) is 11.3. The van der Waals surface area contributed by atoms with Crippen LogP contribution in [0.25, 0.3) is 0 Å². The maximum Gasteiger partial charge on any atom is 0.331 e. The van der Waals surface area contributed by atoms with Gasteiger partial charge in [0.15, 0.2) is 6.04 Å². The highest BCUT2D eigenvalue weighted by atomic mass is 16.5. The third-order valence-corrected chi connectivity index (χ3v) is 3.57. The average Bonchev–Trinajstić information content (AvgIpc) is 2.46. The Hall–Kier alpha value is -1.92. The number of carboxylic acids is 1. The fourth-order valence-electron chi connectivity index (χ4n) is 2.55. The molecular weight excluding hydrogens is 260 g/mol. The SMILES string of the molecule is COC(CN)C(=O)N1CCc2ccccc2C1C(=O)O. The number of fused-ring (bicyclic) bond motifs is 1. The van der Waals surface area contributed by atoms with Gasteiger partial charge in [-0.05, 0) is 17.5 Å². The monoisotopic (exact) mass is 278 g/mol. The molecule has 0 spiro atoms. The molecule has 1 aromatic rings. The average molecular weight is 278 g/mol. The minimum absolute atomic E-state index is 0.0276. The molecule has 2 unspecified atom stereocenters. The Kier molecular flexibility index (Phi) is 4.36. The first-order valence-electron chi connectivity index (χ1n) is 6.44. The summed E-state index contributed by atoms with van der Waals surface area (Å²) >= 11 is 0. The summed E-state index contributed by atoms with van der Waals surface area (Å²) in [5, 5.41) is 9.47. The Morgan fingerprint density at radius 3 is 2.80 bits per heavy atom. The summed E-state index contributed by atoms with van der Waals surface area (Å²) in [4.78, 5) is 25.2. The summed E-state index contributed by atoms with van der Waals surface area (Å²) < 4.78 is 5.02. The van der Waals surface area contributed by atoms with Crippen LogP contribution in [0.15, 0.2) is 24.3 Å². The quantitative estimate of drug-likeness (QED) is 0.819. The topological polar surface area (TPSA) is 92.9 Å². The van der Waals surface area contributed by atoms with Crippen LogP contribution in [0, 0.1) is 0 Å². The van der Waals surface area contributed by atoms with Crippen LogP contribution >= 0.6 is 0 Å². The number of hydrogen-bond donors (Lipinski definition) is 2. The van der Waals surface area contributed by atoms with E-state index in [1.54, 1.807) is 12.1 Å². The molecule has 0 bridgehead atoms. The predicted molar refractivity (Wildman–Crippen MR) is 72.1 cm³/mol. The van der Waals surface area contributed by atoms with Gasteiger partial charge in [0.2, 0.25) is 0 Å². The van der Waals surface area contributed by atoms with Crippen LogP contribution in [-0.4, -0.2) is 48.2 Å². The van der Waals surface area contributed by atoms with Crippen molar-refractivity contribution in [3.8, 4) is 0 Å². The lowest BCUT2D eigenvalue weighted by Gasteiger charge is -2.36. The lowest BCUT2D eigenvalue weighted by atomic mass is 9.92. The van der Waals surface area contributed by atoms with E-state index >= 15 is 0 Å². The molecule has 3 N–H and O–H groups in total. The van der Waals surface area contributed by atoms with E-state index < -0.39 is 18.1 Å². The van der Waals surface area contributed by atoms with Crippen LogP contribution in [-0.2, 0) is 20.7 Å². The third-order valence-electron chi connectivity index (χ3n) is 3.57. The van der Waals surface area contributed by atoms with Crippen LogP contribution < -0.4 is 5.73 Å². The Balaban J connectivity index is 2.36. The van der Waals surface area contributed by atoms with Crippen LogP contribution in [0.3, 0.4) is 0 Å². The van der Waals surface area contributed by atoms with Gasteiger partial charge in [0.25, 0.3) is 5.91 Å². The minimum Gasteiger partial charge on any atom is -0.479 e. The number of aliphatic carboxylic acids is 1. The number of carbonyl (C=O) groups is 2. The van der Waals surface area contributed by atoms with Crippen molar-refractivity contribution in [2.24, 2.45) is 5.73 Å². The molecule has 0 aliphatic carbocycles. The van der Waals surface area contributed by atoms with Crippen LogP contribution in [0.2, 0.25) is 0 Å². The van der Waals surface area contributed by atoms with Gasteiger partial charge in [-0.15, -0.1) is 0 Å². The van der Waals surface area contributed by atoms with E-state index in [4.69, 9.17) is 10.5 Å². The fraction of sp³-hybridized carbons (Fsp3) is 0.429. The number of rotatable bonds is 4. The number of amides is 1. The zero-order chi connectivity index (χ0) is 14.7. The number of nitrogens with two attached hydrogens (primary N) is 1. The molecule has 2 rings (SSSR count). The molecule has 0 fully saturated rings. The van der Waals surface area contributed by atoms with E-state index in [9.17, 15) is 14.7 Å². The van der Waals surface area contributed by atoms with Gasteiger partial charge in [-0.25, -0.2) is 4.79 Å². The minimum atomic E-state index is -1.04. The van der Waals surface area contributed by atoms with Crippen molar-refractivity contribution in [3.63, 3.8) is 0 Å². The van der Waals surface area contributed by atoms with Crippen LogP contribution in [0.1, 0.15) is 17.2 Å². The van der Waals surface area contributed by atoms with Crippen molar-refractivity contribution in [1.82, 2.24) is 4.90 Å². The second-order valence-electron chi connectivity index (χ2n) is 4.68. The summed E-state index contributed by atoms with van der Waals surface area (Å²) in [6.45, 7) is 0.381. The Morgan fingerprint density at radius 2 is 2.20 bits per heavy atom. The first-order valence-corrected chi connectivity index (χ1v) is 6.44. The van der Waals surface area contributed by atoms with Crippen molar-refractivity contribution in [2.75, 3.05) is 20.2 Å². The molecule has 1 heterocycles. The van der Waals surface area contributed by atoms with Gasteiger partial charge >= 0.3 is 5.97 Å². The molecule has 0 radical (unpaired) electrons. The Labute approximate surface area is 117 Å². The highest BCUT2D eigenvalue weighted by Crippen LogP contribution is 2.30. The number of ether oxygens (including phenoxy) is 1. The number of methoxy groups -OCH3 is 1. The van der Waals surface area contributed by atoms with Gasteiger partial charge in [0.05, 0.1) is 0 Å². The van der Waals surface area contributed by atoms with E-state index in [1.165, 1.54) is 12.0 Å². The lowest BCUT2D eigenvalue weighted by molar-refractivity contribution is -0.156. The van der Waals surface area contributed by atoms with E-state index in [1.807, 2.05) is 12.1 Å². The molecule has 1 aliphatic heterocycles. The second kappa shape index (κ2) is 6.02. The van der Waals surface area contributed by atoms with E-state index in [0.717, 1.165) is 5.56 Å². The lowest BCUT2D eigenvalue weighted by Crippen LogP contribution is -2.50. The Bertz CT molecular complexity index is 514. The number of hydrogen-bond acceptors (Lipinski definition) is 4. The molecule has 0 aromatic heterocycles. The number of benzene rings is 1. The highest BCUT2D eigenvalue weighted by molar-refractivity contribution is 5.88. The molecule has 108 valence electrons. The van der Waals surface area contributed by atoms with E-state index in [0.29, 0.717) is 18.5 Å². The third kappa shape index (κ3) is 2.52. The predicted octanol–water partition coefficient (Wildman–Crippen LogP) is 0.171. The number of carbonyl (C=O) groups excluding carboxylic acids is 1. The molecule has 20 heavy (non-hydrogen) atoms. The summed E-state index contributed by atoms with van der Waals surface area (Å²) in [5.74, 6) is -1.42. The normalized spacial score (nSPS) is 19.3. The molecule has 0 saturated carbocycles. The standard InChI is InChI=1S/C14H18N2O4/c1-20-11(8-15)13(17)16-7-6-9-4-2-3-5-10(9)12(16)14(18)19/h2-5,11-12H,6-8,15H2,1H3,(H,18,19). The largest absolute Gasteiger partial charge is 0.479 e. The molecule has 1 amide bonds. The van der Waals surface area contributed by atoms with Crippen LogP contribution in [0.4, 0.5) is 0 Å². The first-order chi connectivity index (χ1) is 9.60. The van der Waals surface area contributed by atoms with Gasteiger partial charge in [-0.3, -0.25) is 4.79 Å². The molecular formula is C14H18N2O4. The Morgan fingerprint density at radius 1 is 1.50 bits per heavy atom. The number of nitrogens with zero attached hydrogens (tertiary/aromatic N) is 1. The summed E-state index contributed by atoms with van der Waals surface area (Å²) in [6, 6.07) is 6.31. The van der Waals surface area contributed by atoms with Crippen molar-refractivity contribution in [1.29, 1.82) is 0 Å². The molecule has 1 aromatic carbocycles. The van der Waals surface area contributed by atoms with Gasteiger partial charge in [-0.1, -0.05) is 24.3 Å². The van der Waals surface area contributed by atoms with E-state index in [-0.39, 0.29) is 12.5 Å². The first kappa shape index (κ1) is 14.5. The van der Waals surface area contributed by atoms with E-state index in [2.05, 4.69) is 0 Å². The summed E-state index contributed by atoms with van der Waals surface area (Å²) in [6.07, 6.45) is -0.172. The van der Waals surface area contributed by atoms with Gasteiger partial charge < -0.3 is 20.5 Å². The molecule has 6 nitrogen and oxygen atoms in total. The molecule has 1 aliphatic rings. The summed E-state index contributed by atoms with van der Waals surface area (Å²) in [5.41, 5.74) is 7.11. The fourth-order valence-corrected chi connectivity index (χ4v) is 2.55. The van der Waals surface area contributed by atoms with Crippen molar-refractivity contribution in [2.45, 2.75) is 18.6 Å². The molecule has 2 atom stereocenters. The summed E-state index contributed by atoms with van der Waals surface area (Å²) in [7, 11) is 1.39. The van der Waals surface area contributed by atoms with Gasteiger partial charge in [-0.2, -0.15) is 0 Å². The van der Waals surface area contributed by atoms with Crippen molar-refractivity contribution in [3.05, 3.63) is 35.4 Å². The highest BCUT2D eigenvalue weighted by Gasteiger charge is 2.38. The molecule has 0 saturated heterocycles. The number of carboxylic acid groups (broad SMARTS) is 1. The van der Waals surface area contributed by atoms with Crippen LogP contribution in [0.5, 0.6) is 0 Å². The zero-order valence-corrected chi connectivity index (χ0v) is 11.3. The maximum atomic E-state index is 12.3. The van der Waals surface area contributed by atoms with Gasteiger partial charge in [0, 0.05) is 20.2 Å². The van der Waals surface area contributed by atoms with Crippen molar-refractivity contribution < 1.29 is 19.4 Å². The smallest absolute Gasteiger partial charge is 0.331 e. The van der Waals surface area contributed by atoms with Gasteiger partial charge in [0.1, 0.15) is 6.10 Å². The van der Waals surface area contributed by atoms with Crippen molar-refractivity contribution >= 4 is 11.9 Å².